The Labute approximate surface area is 150 Å². The molecule has 0 saturated carbocycles. The Hall–Kier alpha value is -2.07. The van der Waals surface area contributed by atoms with E-state index in [0.717, 1.165) is 6.42 Å². The van der Waals surface area contributed by atoms with E-state index in [9.17, 15) is 9.90 Å². The van der Waals surface area contributed by atoms with Crippen LogP contribution in [0.25, 0.3) is 10.8 Å². The molecule has 0 aliphatic carbocycles. The number of benzene rings is 2. The van der Waals surface area contributed by atoms with Crippen molar-refractivity contribution in [2.45, 2.75) is 39.7 Å². The van der Waals surface area contributed by atoms with E-state index >= 15 is 0 Å². The lowest BCUT2D eigenvalue weighted by Crippen LogP contribution is -2.43. The lowest BCUT2D eigenvalue weighted by atomic mass is 9.87. The van der Waals surface area contributed by atoms with Gasteiger partial charge in [-0.25, -0.2) is 4.79 Å². The highest BCUT2D eigenvalue weighted by molar-refractivity contribution is 5.85. The van der Waals surface area contributed by atoms with Crippen LogP contribution in [0.15, 0.2) is 42.5 Å². The number of aliphatic hydroxyl groups excluding tert-OH is 1. The van der Waals surface area contributed by atoms with E-state index in [4.69, 9.17) is 0 Å². The smallest absolute Gasteiger partial charge is 0.317 e. The van der Waals surface area contributed by atoms with Crippen molar-refractivity contribution in [3.8, 4) is 0 Å². The number of amides is 2. The van der Waals surface area contributed by atoms with Crippen molar-refractivity contribution in [3.63, 3.8) is 0 Å². The van der Waals surface area contributed by atoms with Gasteiger partial charge < -0.3 is 15.3 Å². The molecule has 2 rings (SSSR count). The maximum atomic E-state index is 12.3. The third-order valence-electron chi connectivity index (χ3n) is 4.51. The molecule has 1 unspecified atom stereocenters. The van der Waals surface area contributed by atoms with Gasteiger partial charge in [-0.1, -0.05) is 56.3 Å². The topological polar surface area (TPSA) is 52.6 Å². The minimum atomic E-state index is -0.365. The van der Waals surface area contributed by atoms with Crippen LogP contribution < -0.4 is 5.32 Å². The number of rotatable bonds is 7. The van der Waals surface area contributed by atoms with Crippen LogP contribution in [0.2, 0.25) is 0 Å². The molecular formula is C21H30N2O2. The van der Waals surface area contributed by atoms with E-state index in [2.05, 4.69) is 49.5 Å². The highest BCUT2D eigenvalue weighted by atomic mass is 16.3. The molecule has 2 N–H and O–H groups in total. The molecule has 4 heteroatoms. The Kier molecular flexibility index (Phi) is 6.43. The average Bonchev–Trinajstić information content (AvgIpc) is 2.56. The van der Waals surface area contributed by atoms with Crippen molar-refractivity contribution >= 4 is 16.8 Å². The fraction of sp³-hybridized carbons (Fsp3) is 0.476. The number of nitrogens with zero attached hydrogens (tertiary/aromatic N) is 1. The molecule has 0 aliphatic heterocycles. The van der Waals surface area contributed by atoms with E-state index < -0.39 is 0 Å². The van der Waals surface area contributed by atoms with Gasteiger partial charge in [0.05, 0.1) is 6.10 Å². The summed E-state index contributed by atoms with van der Waals surface area (Å²) in [6.07, 6.45) is 1.12. The number of nitrogens with one attached hydrogen (secondary N) is 1. The quantitative estimate of drug-likeness (QED) is 0.804. The van der Waals surface area contributed by atoms with Gasteiger partial charge in [0.25, 0.3) is 0 Å². The standard InChI is InChI=1S/C21H30N2O2/c1-16(24)14-21(2,3)15-22-20(25)23(4)13-12-18-10-7-9-17-8-5-6-11-19(17)18/h5-11,16,24H,12-15H2,1-4H3,(H,22,25). The van der Waals surface area contributed by atoms with Crippen molar-refractivity contribution in [1.82, 2.24) is 10.2 Å². The number of hydrogen-bond acceptors (Lipinski definition) is 2. The summed E-state index contributed by atoms with van der Waals surface area (Å²) >= 11 is 0. The highest BCUT2D eigenvalue weighted by Gasteiger charge is 2.21. The molecule has 2 aromatic rings. The first kappa shape index (κ1) is 19.3. The van der Waals surface area contributed by atoms with E-state index in [1.54, 1.807) is 11.8 Å². The first-order valence-electron chi connectivity index (χ1n) is 8.92. The lowest BCUT2D eigenvalue weighted by Gasteiger charge is -2.28. The van der Waals surface area contributed by atoms with E-state index in [1.807, 2.05) is 19.2 Å². The van der Waals surface area contributed by atoms with Crippen LogP contribution in [0.4, 0.5) is 4.79 Å². The van der Waals surface area contributed by atoms with Gasteiger partial charge in [0.15, 0.2) is 0 Å². The largest absolute Gasteiger partial charge is 0.393 e. The Balaban J connectivity index is 1.89. The third kappa shape index (κ3) is 5.75. The van der Waals surface area contributed by atoms with Gasteiger partial charge >= 0.3 is 6.03 Å². The fourth-order valence-electron chi connectivity index (χ4n) is 3.22. The minimum Gasteiger partial charge on any atom is -0.393 e. The van der Waals surface area contributed by atoms with Gasteiger partial charge in [-0.15, -0.1) is 0 Å². The van der Waals surface area contributed by atoms with Crippen LogP contribution in [-0.2, 0) is 6.42 Å². The molecule has 0 fully saturated rings. The molecule has 25 heavy (non-hydrogen) atoms. The van der Waals surface area contributed by atoms with Crippen LogP contribution in [0.3, 0.4) is 0 Å². The zero-order chi connectivity index (χ0) is 18.4. The molecule has 0 heterocycles. The summed E-state index contributed by atoms with van der Waals surface area (Å²) in [7, 11) is 1.82. The Morgan fingerprint density at radius 1 is 1.20 bits per heavy atom. The highest BCUT2D eigenvalue weighted by Crippen LogP contribution is 2.21. The first-order valence-corrected chi connectivity index (χ1v) is 8.92. The van der Waals surface area contributed by atoms with E-state index in [0.29, 0.717) is 19.5 Å². The first-order chi connectivity index (χ1) is 11.8. The molecule has 2 amide bonds. The number of aliphatic hydroxyl groups is 1. The predicted octanol–water partition coefficient (Wildman–Crippen LogP) is 3.82. The maximum Gasteiger partial charge on any atom is 0.317 e. The van der Waals surface area contributed by atoms with Gasteiger partial charge in [0.2, 0.25) is 0 Å². The number of carbonyl (C=O) groups excluding carboxylic acids is 1. The second-order valence-corrected chi connectivity index (χ2v) is 7.69. The SMILES string of the molecule is CC(O)CC(C)(C)CNC(=O)N(C)CCc1cccc2ccccc12. The normalized spacial score (nSPS) is 12.8. The van der Waals surface area contributed by atoms with Gasteiger partial charge in [0.1, 0.15) is 0 Å². The number of urea groups is 1. The fourth-order valence-corrected chi connectivity index (χ4v) is 3.22. The molecule has 4 nitrogen and oxygen atoms in total. The molecule has 0 radical (unpaired) electrons. The van der Waals surface area contributed by atoms with Crippen molar-refractivity contribution < 1.29 is 9.90 Å². The Morgan fingerprint density at radius 2 is 1.88 bits per heavy atom. The molecule has 0 aliphatic rings. The number of fused-ring (bicyclic) bond motifs is 1. The summed E-state index contributed by atoms with van der Waals surface area (Å²) < 4.78 is 0. The van der Waals surface area contributed by atoms with E-state index in [1.165, 1.54) is 16.3 Å². The monoisotopic (exact) mass is 342 g/mol. The zero-order valence-electron chi connectivity index (χ0n) is 15.7. The molecular weight excluding hydrogens is 312 g/mol. The van der Waals surface area contributed by atoms with Gasteiger partial charge in [-0.3, -0.25) is 0 Å². The minimum absolute atomic E-state index is 0.0705. The summed E-state index contributed by atoms with van der Waals surface area (Å²) in [5.74, 6) is 0. The van der Waals surface area contributed by atoms with Gasteiger partial charge in [0, 0.05) is 20.1 Å². The van der Waals surface area contributed by atoms with Crippen LogP contribution >= 0.6 is 0 Å². The third-order valence-corrected chi connectivity index (χ3v) is 4.51. The summed E-state index contributed by atoms with van der Waals surface area (Å²) in [5, 5.41) is 15.0. The zero-order valence-corrected chi connectivity index (χ0v) is 15.7. The number of hydrogen-bond donors (Lipinski definition) is 2. The second-order valence-electron chi connectivity index (χ2n) is 7.69. The van der Waals surface area contributed by atoms with Crippen LogP contribution in [-0.4, -0.2) is 42.3 Å². The molecule has 0 aromatic heterocycles. The molecule has 136 valence electrons. The van der Waals surface area contributed by atoms with Gasteiger partial charge in [-0.05, 0) is 41.5 Å². The van der Waals surface area contributed by atoms with Crippen molar-refractivity contribution in [2.24, 2.45) is 5.41 Å². The average molecular weight is 342 g/mol. The molecule has 0 spiro atoms. The van der Waals surface area contributed by atoms with Crippen LogP contribution in [0.1, 0.15) is 32.8 Å². The number of carbonyl (C=O) groups is 1. The van der Waals surface area contributed by atoms with Gasteiger partial charge in [-0.2, -0.15) is 0 Å². The summed E-state index contributed by atoms with van der Waals surface area (Å²) in [4.78, 5) is 14.0. The summed E-state index contributed by atoms with van der Waals surface area (Å²) in [6, 6.07) is 14.6. The van der Waals surface area contributed by atoms with Crippen molar-refractivity contribution in [3.05, 3.63) is 48.0 Å². The maximum absolute atomic E-state index is 12.3. The van der Waals surface area contributed by atoms with Crippen molar-refractivity contribution in [2.75, 3.05) is 20.1 Å². The predicted molar refractivity (Wildman–Crippen MR) is 104 cm³/mol. The molecule has 1 atom stereocenters. The summed E-state index contributed by atoms with van der Waals surface area (Å²) in [5.41, 5.74) is 1.13. The van der Waals surface area contributed by atoms with Crippen LogP contribution in [0, 0.1) is 5.41 Å². The Bertz CT molecular complexity index is 705. The molecule has 2 aromatic carbocycles. The van der Waals surface area contributed by atoms with E-state index in [-0.39, 0.29) is 17.6 Å². The van der Waals surface area contributed by atoms with Crippen LogP contribution in [0.5, 0.6) is 0 Å². The number of likely N-dealkylation sites (N-methyl/N-ethyl adjacent to an activating group) is 1. The summed E-state index contributed by atoms with van der Waals surface area (Å²) in [6.45, 7) is 7.10. The van der Waals surface area contributed by atoms with Crippen molar-refractivity contribution in [1.29, 1.82) is 0 Å². The molecule has 0 bridgehead atoms. The second kappa shape index (κ2) is 8.34. The Morgan fingerprint density at radius 3 is 2.60 bits per heavy atom. The molecule has 0 saturated heterocycles. The lowest BCUT2D eigenvalue weighted by molar-refractivity contribution is 0.127.